The summed E-state index contributed by atoms with van der Waals surface area (Å²) in [4.78, 5) is 2.14. The van der Waals surface area contributed by atoms with Crippen LogP contribution in [0.3, 0.4) is 0 Å². The van der Waals surface area contributed by atoms with E-state index in [1.807, 2.05) is 25.8 Å². The summed E-state index contributed by atoms with van der Waals surface area (Å²) in [5, 5.41) is 11.5. The molecule has 0 saturated carbocycles. The number of hydrogen-bond donors (Lipinski definition) is 2. The van der Waals surface area contributed by atoms with E-state index in [0.717, 1.165) is 0 Å². The fourth-order valence-electron chi connectivity index (χ4n) is 1.55. The van der Waals surface area contributed by atoms with Crippen molar-refractivity contribution in [2.45, 2.75) is 24.8 Å². The number of benzene rings is 1. The highest BCUT2D eigenvalue weighted by molar-refractivity contribution is 7.91. The number of nitrogens with zero attached hydrogens (tertiary/aromatic N) is 2. The maximum atomic E-state index is 12.3. The van der Waals surface area contributed by atoms with E-state index in [4.69, 9.17) is 10.9 Å². The Bertz CT molecular complexity index is 582. The van der Waals surface area contributed by atoms with Gasteiger partial charge in [-0.05, 0) is 33.0 Å². The van der Waals surface area contributed by atoms with Gasteiger partial charge >= 0.3 is 0 Å². The zero-order chi connectivity index (χ0) is 15.3. The molecule has 0 amide bonds. The molecule has 3 N–H and O–H groups in total. The predicted octanol–water partition coefficient (Wildman–Crippen LogP) is 0.895. The Morgan fingerprint density at radius 2 is 2.10 bits per heavy atom. The van der Waals surface area contributed by atoms with Crippen molar-refractivity contribution < 1.29 is 13.6 Å². The third-order valence-corrected chi connectivity index (χ3v) is 4.88. The van der Waals surface area contributed by atoms with Crippen LogP contribution in [0.25, 0.3) is 0 Å². The minimum atomic E-state index is -3.39. The van der Waals surface area contributed by atoms with Gasteiger partial charge in [0.15, 0.2) is 15.7 Å². The van der Waals surface area contributed by atoms with Gasteiger partial charge in [0, 0.05) is 18.2 Å². The van der Waals surface area contributed by atoms with E-state index >= 15 is 0 Å². The molecule has 0 radical (unpaired) electrons. The lowest BCUT2D eigenvalue weighted by Gasteiger charge is -2.20. The van der Waals surface area contributed by atoms with Gasteiger partial charge in [-0.15, -0.1) is 0 Å². The second kappa shape index (κ2) is 6.71. The van der Waals surface area contributed by atoms with Crippen molar-refractivity contribution in [2.75, 3.05) is 19.3 Å². The molecule has 0 unspecified atom stereocenters. The number of sulfone groups is 1. The van der Waals surface area contributed by atoms with Gasteiger partial charge in [-0.2, -0.15) is 0 Å². The standard InChI is InChI=1S/C13H21N3O3S/c1-10(2)16(3)7-8-20(18,19)12-6-4-5-11(9-12)13(14)15-17/h4-6,9-10,17H,7-8H2,1-3H3,(H2,14,15). The zero-order valence-corrected chi connectivity index (χ0v) is 12.8. The smallest absolute Gasteiger partial charge is 0.179 e. The average Bonchev–Trinajstić information content (AvgIpc) is 2.43. The highest BCUT2D eigenvalue weighted by Gasteiger charge is 2.17. The van der Waals surface area contributed by atoms with Crippen LogP contribution in [-0.2, 0) is 9.84 Å². The van der Waals surface area contributed by atoms with Gasteiger partial charge in [0.1, 0.15) is 0 Å². The van der Waals surface area contributed by atoms with E-state index in [1.54, 1.807) is 12.1 Å². The molecular weight excluding hydrogens is 278 g/mol. The first kappa shape index (κ1) is 16.5. The van der Waals surface area contributed by atoms with Gasteiger partial charge in [0.2, 0.25) is 0 Å². The summed E-state index contributed by atoms with van der Waals surface area (Å²) in [6.07, 6.45) is 0. The van der Waals surface area contributed by atoms with Gasteiger partial charge in [-0.1, -0.05) is 17.3 Å². The van der Waals surface area contributed by atoms with Crippen LogP contribution >= 0.6 is 0 Å². The van der Waals surface area contributed by atoms with Crippen LogP contribution in [0, 0.1) is 0 Å². The fraction of sp³-hybridized carbons (Fsp3) is 0.462. The molecule has 6 nitrogen and oxygen atoms in total. The lowest BCUT2D eigenvalue weighted by atomic mass is 10.2. The summed E-state index contributed by atoms with van der Waals surface area (Å²) in [7, 11) is -1.50. The normalized spacial score (nSPS) is 13.2. The molecule has 20 heavy (non-hydrogen) atoms. The first-order valence-electron chi connectivity index (χ1n) is 6.29. The summed E-state index contributed by atoms with van der Waals surface area (Å²) in [5.41, 5.74) is 5.85. The van der Waals surface area contributed by atoms with E-state index in [2.05, 4.69) is 5.16 Å². The SMILES string of the molecule is CC(C)N(C)CCS(=O)(=O)c1cccc(/C(N)=N/O)c1. The second-order valence-electron chi connectivity index (χ2n) is 4.91. The van der Waals surface area contributed by atoms with E-state index < -0.39 is 9.84 Å². The number of hydrogen-bond acceptors (Lipinski definition) is 5. The van der Waals surface area contributed by atoms with E-state index in [1.165, 1.54) is 12.1 Å². The van der Waals surface area contributed by atoms with E-state index in [9.17, 15) is 8.42 Å². The number of oxime groups is 1. The van der Waals surface area contributed by atoms with Gasteiger partial charge < -0.3 is 15.8 Å². The summed E-state index contributed by atoms with van der Waals surface area (Å²) in [5.74, 6) is -0.0808. The molecule has 0 aliphatic carbocycles. The van der Waals surface area contributed by atoms with Crippen LogP contribution in [0.1, 0.15) is 19.4 Å². The molecule has 0 fully saturated rings. The lowest BCUT2D eigenvalue weighted by Crippen LogP contribution is -2.31. The van der Waals surface area contributed by atoms with Gasteiger partial charge in [0.05, 0.1) is 10.6 Å². The molecule has 0 spiro atoms. The van der Waals surface area contributed by atoms with Crippen molar-refractivity contribution in [3.8, 4) is 0 Å². The van der Waals surface area contributed by atoms with Crippen molar-refractivity contribution in [1.82, 2.24) is 4.90 Å². The zero-order valence-electron chi connectivity index (χ0n) is 11.9. The van der Waals surface area contributed by atoms with Crippen LogP contribution < -0.4 is 5.73 Å². The van der Waals surface area contributed by atoms with Crippen LogP contribution in [0.15, 0.2) is 34.3 Å². The van der Waals surface area contributed by atoms with Crippen molar-refractivity contribution in [1.29, 1.82) is 0 Å². The third-order valence-electron chi connectivity index (χ3n) is 3.19. The predicted molar refractivity (Wildman–Crippen MR) is 78.8 cm³/mol. The molecular formula is C13H21N3O3S. The van der Waals surface area contributed by atoms with E-state index in [0.29, 0.717) is 12.1 Å². The van der Waals surface area contributed by atoms with Crippen molar-refractivity contribution in [2.24, 2.45) is 10.9 Å². The van der Waals surface area contributed by atoms with Crippen LogP contribution in [0.2, 0.25) is 0 Å². The summed E-state index contributed by atoms with van der Waals surface area (Å²) in [6.45, 7) is 4.46. The molecule has 0 aliphatic heterocycles. The molecule has 112 valence electrons. The minimum Gasteiger partial charge on any atom is -0.409 e. The monoisotopic (exact) mass is 299 g/mol. The Hall–Kier alpha value is -1.60. The molecule has 0 aromatic heterocycles. The third kappa shape index (κ3) is 4.21. The average molecular weight is 299 g/mol. The van der Waals surface area contributed by atoms with Crippen LogP contribution in [0.5, 0.6) is 0 Å². The first-order chi connectivity index (χ1) is 9.27. The number of nitrogens with two attached hydrogens (primary N) is 1. The number of rotatable bonds is 6. The quantitative estimate of drug-likeness (QED) is 0.352. The highest BCUT2D eigenvalue weighted by atomic mass is 32.2. The Kier molecular flexibility index (Phi) is 5.52. The van der Waals surface area contributed by atoms with Crippen LogP contribution in [0.4, 0.5) is 0 Å². The molecule has 7 heteroatoms. The van der Waals surface area contributed by atoms with Gasteiger partial charge in [0.25, 0.3) is 0 Å². The summed E-state index contributed by atoms with van der Waals surface area (Å²) in [6, 6.07) is 6.38. The van der Waals surface area contributed by atoms with Crippen molar-refractivity contribution >= 4 is 15.7 Å². The molecule has 1 aromatic carbocycles. The maximum Gasteiger partial charge on any atom is 0.179 e. The number of amidine groups is 1. The molecule has 0 atom stereocenters. The Labute approximate surface area is 119 Å². The van der Waals surface area contributed by atoms with Gasteiger partial charge in [-0.25, -0.2) is 8.42 Å². The summed E-state index contributed by atoms with van der Waals surface area (Å²) < 4.78 is 24.5. The topological polar surface area (TPSA) is 96.0 Å². The molecule has 0 bridgehead atoms. The highest BCUT2D eigenvalue weighted by Crippen LogP contribution is 2.14. The molecule has 1 rings (SSSR count). The van der Waals surface area contributed by atoms with E-state index in [-0.39, 0.29) is 22.5 Å². The molecule has 1 aromatic rings. The maximum absolute atomic E-state index is 12.3. The second-order valence-corrected chi connectivity index (χ2v) is 7.02. The molecule has 0 heterocycles. The van der Waals surface area contributed by atoms with Crippen LogP contribution in [-0.4, -0.2) is 49.7 Å². The molecule has 0 aliphatic rings. The van der Waals surface area contributed by atoms with Gasteiger partial charge in [-0.3, -0.25) is 0 Å². The Balaban J connectivity index is 2.93. The molecule has 0 saturated heterocycles. The largest absolute Gasteiger partial charge is 0.409 e. The first-order valence-corrected chi connectivity index (χ1v) is 7.94. The minimum absolute atomic E-state index is 0.0291. The lowest BCUT2D eigenvalue weighted by molar-refractivity contribution is 0.289. The summed E-state index contributed by atoms with van der Waals surface area (Å²) >= 11 is 0. The van der Waals surface area contributed by atoms with Crippen molar-refractivity contribution in [3.05, 3.63) is 29.8 Å². The fourth-order valence-corrected chi connectivity index (χ4v) is 2.90. The Morgan fingerprint density at radius 1 is 1.45 bits per heavy atom. The van der Waals surface area contributed by atoms with Crippen molar-refractivity contribution in [3.63, 3.8) is 0 Å². The Morgan fingerprint density at radius 3 is 2.65 bits per heavy atom.